The molecule has 0 radical (unpaired) electrons. The van der Waals surface area contributed by atoms with Crippen LogP contribution >= 0.6 is 11.3 Å². The van der Waals surface area contributed by atoms with Crippen LogP contribution in [0.15, 0.2) is 35.7 Å². The van der Waals surface area contributed by atoms with Crippen LogP contribution in [0.3, 0.4) is 0 Å². The first kappa shape index (κ1) is 12.8. The van der Waals surface area contributed by atoms with Gasteiger partial charge in [0.05, 0.1) is 6.61 Å². The minimum absolute atomic E-state index is 0.651. The van der Waals surface area contributed by atoms with Crippen LogP contribution in [0.5, 0.6) is 5.75 Å². The highest BCUT2D eigenvalue weighted by atomic mass is 32.1. The summed E-state index contributed by atoms with van der Waals surface area (Å²) in [6.07, 6.45) is 1.02. The van der Waals surface area contributed by atoms with Crippen LogP contribution < -0.4 is 15.8 Å². The summed E-state index contributed by atoms with van der Waals surface area (Å²) in [4.78, 5) is 1.39. The highest BCUT2D eigenvalue weighted by molar-refractivity contribution is 7.09. The molecule has 18 heavy (non-hydrogen) atoms. The molecule has 0 bridgehead atoms. The lowest BCUT2D eigenvalue weighted by atomic mass is 10.2. The van der Waals surface area contributed by atoms with Gasteiger partial charge in [0, 0.05) is 34.9 Å². The average Bonchev–Trinajstić information content (AvgIpc) is 2.82. The first-order valence-corrected chi connectivity index (χ1v) is 6.95. The molecular weight excluding hydrogens is 244 g/mol. The number of hydrogen-bond donors (Lipinski definition) is 2. The minimum Gasteiger partial charge on any atom is -0.494 e. The normalized spacial score (nSPS) is 10.3. The van der Waals surface area contributed by atoms with Crippen molar-refractivity contribution in [1.82, 2.24) is 0 Å². The lowest BCUT2D eigenvalue weighted by Crippen LogP contribution is -2.05. The Balaban J connectivity index is 1.92. The fourth-order valence-corrected chi connectivity index (χ4v) is 2.47. The fourth-order valence-electron chi connectivity index (χ4n) is 1.76. The van der Waals surface area contributed by atoms with E-state index < -0.39 is 0 Å². The van der Waals surface area contributed by atoms with E-state index in [9.17, 15) is 0 Å². The first-order chi connectivity index (χ1) is 8.78. The maximum Gasteiger partial charge on any atom is 0.123 e. The summed E-state index contributed by atoms with van der Waals surface area (Å²) in [5.41, 5.74) is 7.57. The third-order valence-electron chi connectivity index (χ3n) is 2.52. The van der Waals surface area contributed by atoms with Crippen LogP contribution in [-0.4, -0.2) is 13.2 Å². The van der Waals surface area contributed by atoms with E-state index in [0.717, 1.165) is 30.1 Å². The van der Waals surface area contributed by atoms with Gasteiger partial charge in [-0.2, -0.15) is 0 Å². The minimum atomic E-state index is 0.651. The molecule has 0 saturated carbocycles. The van der Waals surface area contributed by atoms with Gasteiger partial charge in [-0.1, -0.05) is 6.07 Å². The number of ether oxygens (including phenoxy) is 1. The van der Waals surface area contributed by atoms with Crippen molar-refractivity contribution in [3.63, 3.8) is 0 Å². The Kier molecular flexibility index (Phi) is 4.47. The molecule has 1 aromatic carbocycles. The molecule has 0 atom stereocenters. The van der Waals surface area contributed by atoms with Gasteiger partial charge in [0.25, 0.3) is 0 Å². The van der Waals surface area contributed by atoms with E-state index in [1.54, 1.807) is 11.3 Å². The van der Waals surface area contributed by atoms with Crippen molar-refractivity contribution < 1.29 is 4.74 Å². The Morgan fingerprint density at radius 3 is 2.94 bits per heavy atom. The average molecular weight is 262 g/mol. The molecule has 1 aromatic heterocycles. The third kappa shape index (κ3) is 3.67. The quantitative estimate of drug-likeness (QED) is 0.784. The van der Waals surface area contributed by atoms with Crippen LogP contribution in [0, 0.1) is 0 Å². The number of nitrogens with two attached hydrogens (primary N) is 1. The monoisotopic (exact) mass is 262 g/mol. The summed E-state index contributed by atoms with van der Waals surface area (Å²) < 4.78 is 5.46. The smallest absolute Gasteiger partial charge is 0.123 e. The molecule has 0 aliphatic carbocycles. The van der Waals surface area contributed by atoms with Gasteiger partial charge in [0.1, 0.15) is 5.75 Å². The number of hydrogen-bond acceptors (Lipinski definition) is 4. The summed E-state index contributed by atoms with van der Waals surface area (Å²) in [7, 11) is 0. The van der Waals surface area contributed by atoms with Gasteiger partial charge in [-0.25, -0.2) is 0 Å². The molecule has 0 fully saturated rings. The van der Waals surface area contributed by atoms with Gasteiger partial charge in [-0.05, 0) is 30.9 Å². The number of nitrogens with one attached hydrogen (secondary N) is 1. The first-order valence-electron chi connectivity index (χ1n) is 6.07. The van der Waals surface area contributed by atoms with Crippen molar-refractivity contribution in [3.05, 3.63) is 40.6 Å². The van der Waals surface area contributed by atoms with Crippen LogP contribution in [-0.2, 0) is 6.42 Å². The van der Waals surface area contributed by atoms with Crippen molar-refractivity contribution in [2.75, 3.05) is 24.2 Å². The van der Waals surface area contributed by atoms with Crippen LogP contribution in [0.1, 0.15) is 11.8 Å². The summed E-state index contributed by atoms with van der Waals surface area (Å²) >= 11 is 1.78. The molecule has 4 heteroatoms. The molecule has 3 nitrogen and oxygen atoms in total. The second-order valence-electron chi connectivity index (χ2n) is 3.98. The molecule has 2 aromatic rings. The Morgan fingerprint density at radius 2 is 2.22 bits per heavy atom. The molecular formula is C14H18N2OS. The summed E-state index contributed by atoms with van der Waals surface area (Å²) in [5.74, 6) is 0.816. The lowest BCUT2D eigenvalue weighted by molar-refractivity contribution is 0.340. The summed E-state index contributed by atoms with van der Waals surface area (Å²) in [5, 5.41) is 5.47. The Morgan fingerprint density at radius 1 is 1.33 bits per heavy atom. The van der Waals surface area contributed by atoms with Crippen molar-refractivity contribution in [1.29, 1.82) is 0 Å². The summed E-state index contributed by atoms with van der Waals surface area (Å²) in [6, 6.07) is 9.98. The lowest BCUT2D eigenvalue weighted by Gasteiger charge is -2.10. The van der Waals surface area contributed by atoms with E-state index in [0.29, 0.717) is 6.61 Å². The topological polar surface area (TPSA) is 47.3 Å². The van der Waals surface area contributed by atoms with Gasteiger partial charge < -0.3 is 15.8 Å². The number of thiophene rings is 1. The number of anilines is 2. The molecule has 3 N–H and O–H groups in total. The van der Waals surface area contributed by atoms with E-state index in [4.69, 9.17) is 10.5 Å². The van der Waals surface area contributed by atoms with Crippen LogP contribution in [0.4, 0.5) is 11.4 Å². The Hall–Kier alpha value is -1.68. The largest absolute Gasteiger partial charge is 0.494 e. The second-order valence-corrected chi connectivity index (χ2v) is 5.01. The van der Waals surface area contributed by atoms with Gasteiger partial charge in [0.2, 0.25) is 0 Å². The highest BCUT2D eigenvalue weighted by Gasteiger charge is 2.00. The molecule has 96 valence electrons. The third-order valence-corrected chi connectivity index (χ3v) is 3.46. The van der Waals surface area contributed by atoms with Crippen molar-refractivity contribution in [2.24, 2.45) is 0 Å². The van der Waals surface area contributed by atoms with E-state index in [-0.39, 0.29) is 0 Å². The molecule has 0 aliphatic heterocycles. The zero-order chi connectivity index (χ0) is 12.8. The maximum atomic E-state index is 5.84. The molecule has 2 rings (SSSR count). The summed E-state index contributed by atoms with van der Waals surface area (Å²) in [6.45, 7) is 3.51. The number of nitrogen functional groups attached to an aromatic ring is 1. The van der Waals surface area contributed by atoms with Gasteiger partial charge in [-0.3, -0.25) is 0 Å². The fraction of sp³-hybridized carbons (Fsp3) is 0.286. The molecule has 0 amide bonds. The molecule has 0 unspecified atom stereocenters. The van der Waals surface area contributed by atoms with Crippen molar-refractivity contribution >= 4 is 22.7 Å². The molecule has 1 heterocycles. The Bertz CT molecular complexity index is 483. The molecule has 0 spiro atoms. The molecule has 0 aliphatic rings. The SMILES string of the molecule is CCOc1cc(N)cc(NCCc2cccs2)c1. The maximum absolute atomic E-state index is 5.84. The zero-order valence-corrected chi connectivity index (χ0v) is 11.3. The van der Waals surface area contributed by atoms with E-state index >= 15 is 0 Å². The number of benzene rings is 1. The second kappa shape index (κ2) is 6.31. The van der Waals surface area contributed by atoms with Gasteiger partial charge in [-0.15, -0.1) is 11.3 Å². The standard InChI is InChI=1S/C14H18N2OS/c1-2-17-13-9-11(15)8-12(10-13)16-6-5-14-4-3-7-18-14/h3-4,7-10,16H,2,5-6,15H2,1H3. The predicted molar refractivity (Wildman–Crippen MR) is 78.5 cm³/mol. The van der Waals surface area contributed by atoms with Gasteiger partial charge >= 0.3 is 0 Å². The van der Waals surface area contributed by atoms with Crippen molar-refractivity contribution in [2.45, 2.75) is 13.3 Å². The van der Waals surface area contributed by atoms with Crippen LogP contribution in [0.25, 0.3) is 0 Å². The van der Waals surface area contributed by atoms with E-state index in [1.807, 2.05) is 25.1 Å². The van der Waals surface area contributed by atoms with Crippen LogP contribution in [0.2, 0.25) is 0 Å². The van der Waals surface area contributed by atoms with Crippen molar-refractivity contribution in [3.8, 4) is 5.75 Å². The van der Waals surface area contributed by atoms with Gasteiger partial charge in [0.15, 0.2) is 0 Å². The Labute approximate surface area is 112 Å². The molecule has 0 saturated heterocycles. The number of rotatable bonds is 6. The van der Waals surface area contributed by atoms with E-state index in [1.165, 1.54) is 4.88 Å². The highest BCUT2D eigenvalue weighted by Crippen LogP contribution is 2.22. The zero-order valence-electron chi connectivity index (χ0n) is 10.5. The predicted octanol–water partition coefficient (Wildman–Crippen LogP) is 3.38. The van der Waals surface area contributed by atoms with E-state index in [2.05, 4.69) is 22.8 Å².